The largest absolute Gasteiger partial charge is 0.379 e. The summed E-state index contributed by atoms with van der Waals surface area (Å²) in [4.78, 5) is 19.8. The SMILES string of the molecule is CN(CCCCN1CCOCC1)c1ccc(C(N)=O)cn1. The highest BCUT2D eigenvalue weighted by molar-refractivity contribution is 5.92. The summed E-state index contributed by atoms with van der Waals surface area (Å²) in [6.45, 7) is 5.89. The summed E-state index contributed by atoms with van der Waals surface area (Å²) in [6, 6.07) is 3.55. The van der Waals surface area contributed by atoms with E-state index >= 15 is 0 Å². The first-order chi connectivity index (χ1) is 10.2. The number of hydrogen-bond acceptors (Lipinski definition) is 5. The number of carbonyl (C=O) groups is 1. The van der Waals surface area contributed by atoms with Crippen LogP contribution in [0, 0.1) is 0 Å². The van der Waals surface area contributed by atoms with Crippen molar-refractivity contribution in [2.45, 2.75) is 12.8 Å². The van der Waals surface area contributed by atoms with Gasteiger partial charge in [-0.2, -0.15) is 0 Å². The van der Waals surface area contributed by atoms with Crippen molar-refractivity contribution in [3.05, 3.63) is 23.9 Å². The van der Waals surface area contributed by atoms with Crippen LogP contribution in [-0.4, -0.2) is 62.2 Å². The topological polar surface area (TPSA) is 71.7 Å². The van der Waals surface area contributed by atoms with Gasteiger partial charge in [0.1, 0.15) is 5.82 Å². The third kappa shape index (κ3) is 4.99. The molecule has 0 spiro atoms. The van der Waals surface area contributed by atoms with E-state index in [2.05, 4.69) is 14.8 Å². The fourth-order valence-electron chi connectivity index (χ4n) is 2.38. The Kier molecular flexibility index (Phi) is 5.95. The van der Waals surface area contributed by atoms with E-state index in [0.717, 1.165) is 51.6 Å². The van der Waals surface area contributed by atoms with Gasteiger partial charge in [-0.25, -0.2) is 4.98 Å². The molecule has 0 saturated carbocycles. The van der Waals surface area contributed by atoms with Gasteiger partial charge < -0.3 is 15.4 Å². The van der Waals surface area contributed by atoms with Crippen LogP contribution in [0.1, 0.15) is 23.2 Å². The van der Waals surface area contributed by atoms with E-state index < -0.39 is 5.91 Å². The molecule has 1 aliphatic heterocycles. The van der Waals surface area contributed by atoms with E-state index in [-0.39, 0.29) is 0 Å². The summed E-state index contributed by atoms with van der Waals surface area (Å²) >= 11 is 0. The van der Waals surface area contributed by atoms with Crippen LogP contribution in [0.25, 0.3) is 0 Å². The van der Waals surface area contributed by atoms with Crippen LogP contribution in [0.15, 0.2) is 18.3 Å². The molecule has 0 bridgehead atoms. The van der Waals surface area contributed by atoms with Gasteiger partial charge in [-0.05, 0) is 31.5 Å². The molecule has 2 N–H and O–H groups in total. The van der Waals surface area contributed by atoms with Gasteiger partial charge in [-0.3, -0.25) is 9.69 Å². The summed E-state index contributed by atoms with van der Waals surface area (Å²) < 4.78 is 5.34. The van der Waals surface area contributed by atoms with E-state index in [1.165, 1.54) is 12.6 Å². The zero-order valence-electron chi connectivity index (χ0n) is 12.6. The molecule has 6 nitrogen and oxygen atoms in total. The average Bonchev–Trinajstić information content (AvgIpc) is 2.52. The Hall–Kier alpha value is -1.66. The second-order valence-electron chi connectivity index (χ2n) is 5.35. The first-order valence-electron chi connectivity index (χ1n) is 7.44. The number of ether oxygens (including phenoxy) is 1. The fraction of sp³-hybridized carbons (Fsp3) is 0.600. The molecule has 2 rings (SSSR count). The highest BCUT2D eigenvalue weighted by atomic mass is 16.5. The minimum atomic E-state index is -0.442. The maximum atomic E-state index is 11.0. The zero-order valence-corrected chi connectivity index (χ0v) is 12.6. The number of nitrogens with zero attached hydrogens (tertiary/aromatic N) is 3. The zero-order chi connectivity index (χ0) is 15.1. The smallest absolute Gasteiger partial charge is 0.250 e. The Morgan fingerprint density at radius 3 is 2.76 bits per heavy atom. The van der Waals surface area contributed by atoms with Gasteiger partial charge in [0, 0.05) is 32.9 Å². The first kappa shape index (κ1) is 15.7. The number of unbranched alkanes of at least 4 members (excludes halogenated alkanes) is 1. The summed E-state index contributed by atoms with van der Waals surface area (Å²) in [6.07, 6.45) is 3.82. The number of hydrogen-bond donors (Lipinski definition) is 1. The molecule has 1 aromatic heterocycles. The molecule has 1 saturated heterocycles. The van der Waals surface area contributed by atoms with Gasteiger partial charge in [0.25, 0.3) is 0 Å². The Balaban J connectivity index is 1.68. The first-order valence-corrected chi connectivity index (χ1v) is 7.44. The molecular formula is C15H24N4O2. The molecule has 2 heterocycles. The lowest BCUT2D eigenvalue weighted by Crippen LogP contribution is -2.37. The fourth-order valence-corrected chi connectivity index (χ4v) is 2.38. The molecule has 1 fully saturated rings. The minimum absolute atomic E-state index is 0.442. The van der Waals surface area contributed by atoms with Crippen LogP contribution in [0.3, 0.4) is 0 Å². The molecule has 0 radical (unpaired) electrons. The van der Waals surface area contributed by atoms with E-state index in [0.29, 0.717) is 5.56 Å². The number of pyridine rings is 1. The van der Waals surface area contributed by atoms with Crippen molar-refractivity contribution < 1.29 is 9.53 Å². The molecular weight excluding hydrogens is 268 g/mol. The van der Waals surface area contributed by atoms with Crippen LogP contribution in [-0.2, 0) is 4.74 Å². The Labute approximate surface area is 125 Å². The maximum Gasteiger partial charge on any atom is 0.250 e. The van der Waals surface area contributed by atoms with Crippen LogP contribution in [0.5, 0.6) is 0 Å². The molecule has 21 heavy (non-hydrogen) atoms. The number of carbonyl (C=O) groups excluding carboxylic acids is 1. The molecule has 0 aliphatic carbocycles. The Morgan fingerprint density at radius 2 is 2.14 bits per heavy atom. The van der Waals surface area contributed by atoms with Crippen molar-refractivity contribution in [3.8, 4) is 0 Å². The van der Waals surface area contributed by atoms with Crippen LogP contribution < -0.4 is 10.6 Å². The van der Waals surface area contributed by atoms with Crippen LogP contribution in [0.4, 0.5) is 5.82 Å². The minimum Gasteiger partial charge on any atom is -0.379 e. The Morgan fingerprint density at radius 1 is 1.38 bits per heavy atom. The molecule has 6 heteroatoms. The van der Waals surface area contributed by atoms with Crippen molar-refractivity contribution in [2.75, 3.05) is 51.3 Å². The van der Waals surface area contributed by atoms with Gasteiger partial charge in [0.15, 0.2) is 0 Å². The highest BCUT2D eigenvalue weighted by Crippen LogP contribution is 2.10. The number of nitrogens with two attached hydrogens (primary N) is 1. The molecule has 0 atom stereocenters. The number of rotatable bonds is 7. The lowest BCUT2D eigenvalue weighted by Gasteiger charge is -2.26. The van der Waals surface area contributed by atoms with Gasteiger partial charge in [0.2, 0.25) is 5.91 Å². The summed E-state index contributed by atoms with van der Waals surface area (Å²) in [5.74, 6) is 0.425. The molecule has 1 amide bonds. The summed E-state index contributed by atoms with van der Waals surface area (Å²) in [5, 5.41) is 0. The van der Waals surface area contributed by atoms with E-state index in [4.69, 9.17) is 10.5 Å². The van der Waals surface area contributed by atoms with Crippen molar-refractivity contribution in [1.82, 2.24) is 9.88 Å². The lowest BCUT2D eigenvalue weighted by atomic mass is 10.2. The van der Waals surface area contributed by atoms with E-state index in [1.54, 1.807) is 6.07 Å². The number of aromatic nitrogens is 1. The third-order valence-electron chi connectivity index (χ3n) is 3.75. The molecule has 0 aromatic carbocycles. The molecule has 1 aliphatic rings. The summed E-state index contributed by atoms with van der Waals surface area (Å²) in [7, 11) is 2.01. The number of anilines is 1. The second kappa shape index (κ2) is 7.95. The van der Waals surface area contributed by atoms with Crippen molar-refractivity contribution in [1.29, 1.82) is 0 Å². The monoisotopic (exact) mass is 292 g/mol. The molecule has 0 unspecified atom stereocenters. The second-order valence-corrected chi connectivity index (χ2v) is 5.35. The predicted octanol–water partition coefficient (Wildman–Crippen LogP) is 0.729. The standard InChI is InChI=1S/C15H24N4O2/c1-18(14-5-4-13(12-17-14)15(16)20)6-2-3-7-19-8-10-21-11-9-19/h4-5,12H,2-3,6-11H2,1H3,(H2,16,20). The third-order valence-corrected chi connectivity index (χ3v) is 3.75. The maximum absolute atomic E-state index is 11.0. The van der Waals surface area contributed by atoms with Crippen LogP contribution in [0.2, 0.25) is 0 Å². The highest BCUT2D eigenvalue weighted by Gasteiger charge is 2.10. The summed E-state index contributed by atoms with van der Waals surface area (Å²) in [5.41, 5.74) is 5.65. The number of morpholine rings is 1. The number of amides is 1. The van der Waals surface area contributed by atoms with E-state index in [1.807, 2.05) is 13.1 Å². The normalized spacial score (nSPS) is 15.9. The quantitative estimate of drug-likeness (QED) is 0.750. The van der Waals surface area contributed by atoms with Gasteiger partial charge in [0.05, 0.1) is 18.8 Å². The van der Waals surface area contributed by atoms with Crippen molar-refractivity contribution in [3.63, 3.8) is 0 Å². The van der Waals surface area contributed by atoms with Crippen molar-refractivity contribution >= 4 is 11.7 Å². The molecule has 1 aromatic rings. The number of primary amides is 1. The predicted molar refractivity (Wildman–Crippen MR) is 82.5 cm³/mol. The van der Waals surface area contributed by atoms with E-state index in [9.17, 15) is 4.79 Å². The van der Waals surface area contributed by atoms with Gasteiger partial charge >= 0.3 is 0 Å². The van der Waals surface area contributed by atoms with Gasteiger partial charge in [-0.15, -0.1) is 0 Å². The Bertz CT molecular complexity index is 443. The lowest BCUT2D eigenvalue weighted by molar-refractivity contribution is 0.0372. The van der Waals surface area contributed by atoms with Gasteiger partial charge in [-0.1, -0.05) is 0 Å². The average molecular weight is 292 g/mol. The van der Waals surface area contributed by atoms with Crippen LogP contribution >= 0.6 is 0 Å². The molecule has 116 valence electrons. The van der Waals surface area contributed by atoms with Crippen molar-refractivity contribution in [2.24, 2.45) is 5.73 Å².